The maximum atomic E-state index is 12.7. The first-order chi connectivity index (χ1) is 43.0. The molecule has 0 fully saturated rings. The fourth-order valence-corrected chi connectivity index (χ4v) is 12.1. The molecule has 1 aliphatic carbocycles. The highest BCUT2D eigenvalue weighted by molar-refractivity contribution is 5.97. The quantitative estimate of drug-likeness (QED) is 0.0858. The first-order valence-electron chi connectivity index (χ1n) is 28.8. The van der Waals surface area contributed by atoms with Gasteiger partial charge in [0, 0.05) is 25.7 Å². The number of rotatable bonds is 8. The lowest BCUT2D eigenvalue weighted by Gasteiger charge is -2.20. The van der Waals surface area contributed by atoms with E-state index in [1.54, 1.807) is 72.8 Å². The highest BCUT2D eigenvalue weighted by atomic mass is 16.3. The molecular weight excluding hydrogens is 1080 g/mol. The molecule has 0 unspecified atom stereocenters. The van der Waals surface area contributed by atoms with E-state index in [1.165, 1.54) is 0 Å². The third-order valence-electron chi connectivity index (χ3n) is 16.7. The smallest absolute Gasteiger partial charge is 0.122 e. The van der Waals surface area contributed by atoms with Gasteiger partial charge < -0.3 is 20.4 Å². The van der Waals surface area contributed by atoms with Crippen molar-refractivity contribution in [3.05, 3.63) is 307 Å². The second-order valence-corrected chi connectivity index (χ2v) is 22.4. The largest absolute Gasteiger partial charge is 0.507 e. The van der Waals surface area contributed by atoms with Gasteiger partial charge in [-0.05, 0) is 229 Å². The van der Waals surface area contributed by atoms with Gasteiger partial charge in [-0.25, -0.2) is 0 Å². The Kier molecular flexibility index (Phi) is 14.7. The Labute approximate surface area is 508 Å². The summed E-state index contributed by atoms with van der Waals surface area (Å²) < 4.78 is 0. The second kappa shape index (κ2) is 23.5. The first kappa shape index (κ1) is 55.0. The minimum absolute atomic E-state index is 0.0998. The summed E-state index contributed by atoms with van der Waals surface area (Å²) in [6.07, 6.45) is 6.77. The molecular formula is C80H52N4O4. The minimum Gasteiger partial charge on any atom is -0.507 e. The predicted molar refractivity (Wildman–Crippen MR) is 353 cm³/mol. The molecule has 13 rings (SSSR count). The highest BCUT2D eigenvalue weighted by Gasteiger charge is 2.24. The lowest BCUT2D eigenvalue weighted by atomic mass is 9.86. The highest BCUT2D eigenvalue weighted by Crippen LogP contribution is 2.43. The monoisotopic (exact) mass is 1130 g/mol. The molecule has 0 saturated heterocycles. The zero-order chi connectivity index (χ0) is 60.4. The third kappa shape index (κ3) is 11.1. The van der Waals surface area contributed by atoms with Gasteiger partial charge in [0.25, 0.3) is 0 Å². The third-order valence-corrected chi connectivity index (χ3v) is 16.7. The molecule has 0 amide bonds. The molecule has 0 atom stereocenters. The number of hydrogen-bond donors (Lipinski definition) is 4. The first-order valence-corrected chi connectivity index (χ1v) is 28.8. The van der Waals surface area contributed by atoms with E-state index in [0.29, 0.717) is 66.8 Å². The van der Waals surface area contributed by atoms with Crippen LogP contribution in [0.5, 0.6) is 23.0 Å². The van der Waals surface area contributed by atoms with Crippen molar-refractivity contribution >= 4 is 89.7 Å². The molecule has 416 valence electrons. The molecule has 8 bridgehead atoms. The van der Waals surface area contributed by atoms with E-state index in [-0.39, 0.29) is 71.0 Å². The van der Waals surface area contributed by atoms with Gasteiger partial charge in [-0.2, -0.15) is 21.0 Å². The molecule has 0 radical (unpaired) electrons. The van der Waals surface area contributed by atoms with Gasteiger partial charge in [0.1, 0.15) is 23.0 Å². The van der Waals surface area contributed by atoms with Crippen molar-refractivity contribution in [3.63, 3.8) is 0 Å². The standard InChI is InChI=1S/C80H52N4O4/c81-45-73(29-49-17-21-53-9-1-5-13-57(53)25-49)61-33-65-41-67-35-62(74(46-82)30-50-18-22-54-10-2-6-14-58(54)26-50)37-69(78(67)86)43-71-39-64(76(48-84)32-52-20-24-56-12-4-8-16-60(56)28-52)40-72(80(71)88)44-70-38-63(36-68(79(70)87)42-66(34-61)77(65)85)75(47-83)31-51-19-23-55-11-3-7-15-59(55)27-51/h1-40,85-88H,41-44H2/b73-29+,74-30+,75-31+,76-32+. The Balaban J connectivity index is 1.04. The molecule has 0 aromatic heterocycles. The molecule has 0 heterocycles. The second-order valence-electron chi connectivity index (χ2n) is 22.4. The molecule has 0 spiro atoms. The molecule has 12 aromatic carbocycles. The minimum atomic E-state index is -0.147. The topological polar surface area (TPSA) is 176 Å². The van der Waals surface area contributed by atoms with E-state index in [1.807, 2.05) is 170 Å². The van der Waals surface area contributed by atoms with Crippen LogP contribution in [0, 0.1) is 45.3 Å². The van der Waals surface area contributed by atoms with Crippen LogP contribution in [0.4, 0.5) is 0 Å². The van der Waals surface area contributed by atoms with Crippen molar-refractivity contribution in [2.75, 3.05) is 0 Å². The number of phenols is 4. The fraction of sp³-hybridized carbons (Fsp3) is 0.0500. The molecule has 0 aliphatic heterocycles. The number of nitriles is 4. The number of hydrogen-bond acceptors (Lipinski definition) is 8. The van der Waals surface area contributed by atoms with Crippen molar-refractivity contribution in [2.45, 2.75) is 25.7 Å². The number of aromatic hydroxyl groups is 4. The van der Waals surface area contributed by atoms with Crippen LogP contribution in [0.15, 0.2) is 218 Å². The van der Waals surface area contributed by atoms with Gasteiger partial charge in [-0.15, -0.1) is 0 Å². The lowest BCUT2D eigenvalue weighted by Crippen LogP contribution is -2.04. The Morgan fingerprint density at radius 1 is 0.250 bits per heavy atom. The lowest BCUT2D eigenvalue weighted by molar-refractivity contribution is 0.450. The molecule has 4 N–H and O–H groups in total. The van der Waals surface area contributed by atoms with E-state index in [2.05, 4.69) is 24.3 Å². The number of benzene rings is 12. The number of nitrogens with zero attached hydrogens (tertiary/aromatic N) is 4. The van der Waals surface area contributed by atoms with Crippen molar-refractivity contribution in [3.8, 4) is 47.3 Å². The van der Waals surface area contributed by atoms with E-state index >= 15 is 0 Å². The Bertz CT molecular complexity index is 4460. The summed E-state index contributed by atoms with van der Waals surface area (Å²) >= 11 is 0. The summed E-state index contributed by atoms with van der Waals surface area (Å²) in [7, 11) is 0. The van der Waals surface area contributed by atoms with Crippen LogP contribution in [0.25, 0.3) is 89.7 Å². The van der Waals surface area contributed by atoms with Crippen molar-refractivity contribution < 1.29 is 20.4 Å². The van der Waals surface area contributed by atoms with Gasteiger partial charge in [0.15, 0.2) is 0 Å². The van der Waals surface area contributed by atoms with Crippen LogP contribution in [-0.2, 0) is 25.7 Å². The summed E-state index contributed by atoms with van der Waals surface area (Å²) in [6.45, 7) is 0. The summed E-state index contributed by atoms with van der Waals surface area (Å²) in [5, 5.41) is 103. The average Bonchev–Trinajstić information content (AvgIpc) is 2.26. The maximum absolute atomic E-state index is 12.7. The van der Waals surface area contributed by atoms with Gasteiger partial charge >= 0.3 is 0 Å². The van der Waals surface area contributed by atoms with Crippen LogP contribution in [0.3, 0.4) is 0 Å². The van der Waals surface area contributed by atoms with Gasteiger partial charge in [-0.3, -0.25) is 0 Å². The zero-order valence-electron chi connectivity index (χ0n) is 47.5. The van der Waals surface area contributed by atoms with Crippen LogP contribution >= 0.6 is 0 Å². The molecule has 88 heavy (non-hydrogen) atoms. The molecule has 8 heteroatoms. The van der Waals surface area contributed by atoms with Gasteiger partial charge in [0.2, 0.25) is 0 Å². The van der Waals surface area contributed by atoms with E-state index in [4.69, 9.17) is 0 Å². The number of phenolic OH excluding ortho intramolecular Hbond substituents is 4. The van der Waals surface area contributed by atoms with Crippen molar-refractivity contribution in [1.29, 1.82) is 21.0 Å². The summed E-state index contributed by atoms with van der Waals surface area (Å²) in [6, 6.07) is 79.1. The SMILES string of the molecule is N#C/C(=C\c1ccc2ccccc2c1)c1cc2c(O)c(c1)Cc1cc(/C(C#N)=C/c3ccc4ccccc4c3)cc(c1O)Cc1cc(/C(C#N)=C/c3ccc4ccccc4c3)cc(c1O)Cc1cc(/C(C#N)=C/c3ccc4ccccc4c3)cc(c1O)C2. The van der Waals surface area contributed by atoms with Gasteiger partial charge in [-0.1, -0.05) is 146 Å². The number of allylic oxidation sites excluding steroid dienone is 4. The zero-order valence-corrected chi connectivity index (χ0v) is 47.5. The molecule has 1 aliphatic rings. The molecule has 0 saturated carbocycles. The maximum Gasteiger partial charge on any atom is 0.122 e. The molecule has 12 aromatic rings. The fourth-order valence-electron chi connectivity index (χ4n) is 12.1. The Morgan fingerprint density at radius 2 is 0.432 bits per heavy atom. The Morgan fingerprint density at radius 3 is 0.614 bits per heavy atom. The average molecular weight is 1130 g/mol. The normalized spacial score (nSPS) is 12.8. The number of fused-ring (bicyclic) bond motifs is 12. The van der Waals surface area contributed by atoms with Crippen LogP contribution in [0.2, 0.25) is 0 Å². The van der Waals surface area contributed by atoms with Crippen LogP contribution in [-0.4, -0.2) is 20.4 Å². The van der Waals surface area contributed by atoms with Crippen molar-refractivity contribution in [1.82, 2.24) is 0 Å². The van der Waals surface area contributed by atoms with Gasteiger partial charge in [0.05, 0.1) is 46.6 Å². The summed E-state index contributed by atoms with van der Waals surface area (Å²) in [5.74, 6) is -0.590. The summed E-state index contributed by atoms with van der Waals surface area (Å²) in [4.78, 5) is 0. The summed E-state index contributed by atoms with van der Waals surface area (Å²) in [5.41, 5.74) is 8.80. The molecule has 8 nitrogen and oxygen atoms in total. The van der Waals surface area contributed by atoms with E-state index < -0.39 is 0 Å². The van der Waals surface area contributed by atoms with E-state index in [0.717, 1.165) is 65.3 Å². The van der Waals surface area contributed by atoms with Crippen LogP contribution < -0.4 is 0 Å². The van der Waals surface area contributed by atoms with Crippen molar-refractivity contribution in [2.24, 2.45) is 0 Å². The predicted octanol–water partition coefficient (Wildman–Crippen LogP) is 18.1. The van der Waals surface area contributed by atoms with E-state index in [9.17, 15) is 41.5 Å². The Hall–Kier alpha value is -12.2. The van der Waals surface area contributed by atoms with Crippen LogP contribution in [0.1, 0.15) is 89.0 Å².